The number of nitrogens with zero attached hydrogens (tertiary/aromatic N) is 2. The highest BCUT2D eigenvalue weighted by Crippen LogP contribution is 2.29. The summed E-state index contributed by atoms with van der Waals surface area (Å²) in [5, 5.41) is 2.67. The van der Waals surface area contributed by atoms with Crippen molar-refractivity contribution < 1.29 is 14.3 Å². The lowest BCUT2D eigenvalue weighted by Crippen LogP contribution is -2.54. The first kappa shape index (κ1) is 21.5. The molecule has 0 aliphatic carbocycles. The van der Waals surface area contributed by atoms with Crippen LogP contribution < -0.4 is 19.9 Å². The first-order chi connectivity index (χ1) is 14.4. The number of hydrogen-bond donors (Lipinski definition) is 1. The molecule has 1 aliphatic heterocycles. The van der Waals surface area contributed by atoms with Crippen LogP contribution in [0.3, 0.4) is 0 Å². The van der Waals surface area contributed by atoms with Gasteiger partial charge in [-0.15, -0.1) is 0 Å². The van der Waals surface area contributed by atoms with Crippen molar-refractivity contribution in [2.24, 2.45) is 0 Å². The molecule has 0 bridgehead atoms. The van der Waals surface area contributed by atoms with Crippen LogP contribution in [0.2, 0.25) is 0 Å². The van der Waals surface area contributed by atoms with Crippen molar-refractivity contribution in [3.63, 3.8) is 0 Å². The number of nitrogens with one attached hydrogen (secondary N) is 1. The Morgan fingerprint density at radius 1 is 1.10 bits per heavy atom. The number of aryl methyl sites for hydroxylation is 1. The molecule has 2 aromatic rings. The summed E-state index contributed by atoms with van der Waals surface area (Å²) < 4.78 is 5.53. The van der Waals surface area contributed by atoms with Gasteiger partial charge in [0.25, 0.3) is 11.8 Å². The number of carbonyl (C=O) groups is 2. The van der Waals surface area contributed by atoms with Crippen LogP contribution in [0.4, 0.5) is 11.4 Å². The van der Waals surface area contributed by atoms with Gasteiger partial charge in [-0.25, -0.2) is 0 Å². The van der Waals surface area contributed by atoms with Crippen LogP contribution in [-0.4, -0.2) is 37.1 Å². The zero-order chi connectivity index (χ0) is 21.8. The van der Waals surface area contributed by atoms with Gasteiger partial charge < -0.3 is 9.64 Å². The van der Waals surface area contributed by atoms with Crippen molar-refractivity contribution in [2.45, 2.75) is 20.8 Å². The highest BCUT2D eigenvalue weighted by atomic mass is 32.1. The number of carbonyl (C=O) groups excluding carboxylic acids is 2. The number of benzene rings is 2. The van der Waals surface area contributed by atoms with Gasteiger partial charge in [-0.1, -0.05) is 17.7 Å². The third-order valence-corrected chi connectivity index (χ3v) is 5.32. The maximum Gasteiger partial charge on any atom is 0.270 e. The third kappa shape index (κ3) is 4.21. The molecule has 1 fully saturated rings. The summed E-state index contributed by atoms with van der Waals surface area (Å²) in [6.07, 6.45) is 1.55. The minimum Gasteiger partial charge on any atom is -0.496 e. The van der Waals surface area contributed by atoms with Crippen LogP contribution in [0.1, 0.15) is 25.0 Å². The van der Waals surface area contributed by atoms with Crippen molar-refractivity contribution in [2.75, 3.05) is 30.0 Å². The molecule has 0 aromatic heterocycles. The minimum atomic E-state index is -0.525. The van der Waals surface area contributed by atoms with Gasteiger partial charge in [0, 0.05) is 30.4 Å². The van der Waals surface area contributed by atoms with E-state index in [1.165, 1.54) is 4.90 Å². The molecule has 2 aromatic carbocycles. The van der Waals surface area contributed by atoms with Gasteiger partial charge >= 0.3 is 0 Å². The molecule has 1 N–H and O–H groups in total. The standard InChI is InChI=1S/C23H25N3O3S/c1-5-25(6-2)18-12-9-16(20(14-18)29-4)13-19-21(27)24-23(30)26(22(19)28)17-10-7-15(3)8-11-17/h7-14H,5-6H2,1-4H3,(H,24,27,30). The Bertz CT molecular complexity index is 1010. The lowest BCUT2D eigenvalue weighted by molar-refractivity contribution is -0.122. The Morgan fingerprint density at radius 2 is 1.77 bits per heavy atom. The van der Waals surface area contributed by atoms with Crippen molar-refractivity contribution in [1.29, 1.82) is 0 Å². The Hall–Kier alpha value is -3.19. The average Bonchev–Trinajstić information content (AvgIpc) is 2.73. The second kappa shape index (κ2) is 9.09. The van der Waals surface area contributed by atoms with Gasteiger partial charge in [0.15, 0.2) is 5.11 Å². The van der Waals surface area contributed by atoms with E-state index >= 15 is 0 Å². The third-order valence-electron chi connectivity index (χ3n) is 5.04. The van der Waals surface area contributed by atoms with Gasteiger partial charge in [0.1, 0.15) is 11.3 Å². The molecule has 2 amide bonds. The Morgan fingerprint density at radius 3 is 2.37 bits per heavy atom. The maximum absolute atomic E-state index is 13.2. The second-order valence-corrected chi connectivity index (χ2v) is 7.28. The predicted octanol–water partition coefficient (Wildman–Crippen LogP) is 3.68. The van der Waals surface area contributed by atoms with E-state index in [-0.39, 0.29) is 10.7 Å². The molecule has 0 saturated carbocycles. The van der Waals surface area contributed by atoms with E-state index in [0.717, 1.165) is 24.3 Å². The van der Waals surface area contributed by atoms with Crippen molar-refractivity contribution >= 4 is 46.6 Å². The molecule has 0 spiro atoms. The van der Waals surface area contributed by atoms with Crippen LogP contribution in [0.15, 0.2) is 48.0 Å². The van der Waals surface area contributed by atoms with Gasteiger partial charge in [-0.2, -0.15) is 0 Å². The van der Waals surface area contributed by atoms with Crippen LogP contribution in [0, 0.1) is 6.92 Å². The summed E-state index contributed by atoms with van der Waals surface area (Å²) >= 11 is 5.25. The summed E-state index contributed by atoms with van der Waals surface area (Å²) in [6.45, 7) is 7.86. The smallest absolute Gasteiger partial charge is 0.270 e. The number of hydrogen-bond acceptors (Lipinski definition) is 5. The zero-order valence-electron chi connectivity index (χ0n) is 17.6. The van der Waals surface area contributed by atoms with Gasteiger partial charge in [0.2, 0.25) is 0 Å². The lowest BCUT2D eigenvalue weighted by Gasteiger charge is -2.29. The fourth-order valence-electron chi connectivity index (χ4n) is 3.35. The Balaban J connectivity index is 2.01. The molecule has 7 heteroatoms. The fraction of sp³-hybridized carbons (Fsp3) is 0.261. The topological polar surface area (TPSA) is 61.9 Å². The molecule has 1 heterocycles. The predicted molar refractivity (Wildman–Crippen MR) is 124 cm³/mol. The number of amides is 2. The van der Waals surface area contributed by atoms with Crippen molar-refractivity contribution in [3.05, 3.63) is 59.2 Å². The highest BCUT2D eigenvalue weighted by Gasteiger charge is 2.34. The van der Waals surface area contributed by atoms with Gasteiger partial charge in [-0.3, -0.25) is 19.8 Å². The zero-order valence-corrected chi connectivity index (χ0v) is 18.4. The minimum absolute atomic E-state index is 0.00179. The molecular formula is C23H25N3O3S. The molecule has 156 valence electrons. The van der Waals surface area contributed by atoms with E-state index in [1.54, 1.807) is 25.3 Å². The number of ether oxygens (including phenoxy) is 1. The van der Waals surface area contributed by atoms with E-state index in [2.05, 4.69) is 24.1 Å². The van der Waals surface area contributed by atoms with E-state index in [0.29, 0.717) is 17.0 Å². The van der Waals surface area contributed by atoms with E-state index in [4.69, 9.17) is 17.0 Å². The largest absolute Gasteiger partial charge is 0.496 e. The molecule has 1 aliphatic rings. The first-order valence-electron chi connectivity index (χ1n) is 9.80. The SMILES string of the molecule is CCN(CC)c1ccc(C=C2C(=O)NC(=S)N(c3ccc(C)cc3)C2=O)c(OC)c1. The van der Waals surface area contributed by atoms with E-state index in [9.17, 15) is 9.59 Å². The molecule has 30 heavy (non-hydrogen) atoms. The molecule has 0 radical (unpaired) electrons. The fourth-order valence-corrected chi connectivity index (χ4v) is 3.63. The highest BCUT2D eigenvalue weighted by molar-refractivity contribution is 7.80. The normalized spacial score (nSPS) is 15.4. The first-order valence-corrected chi connectivity index (χ1v) is 10.2. The molecule has 3 rings (SSSR count). The monoisotopic (exact) mass is 423 g/mol. The number of anilines is 2. The summed E-state index contributed by atoms with van der Waals surface area (Å²) in [5.74, 6) is -0.409. The van der Waals surface area contributed by atoms with Gasteiger partial charge in [0.05, 0.1) is 12.8 Å². The summed E-state index contributed by atoms with van der Waals surface area (Å²) in [6, 6.07) is 13.1. The maximum atomic E-state index is 13.2. The number of rotatable bonds is 6. The van der Waals surface area contributed by atoms with E-state index in [1.807, 2.05) is 37.3 Å². The quantitative estimate of drug-likeness (QED) is 0.436. The Kier molecular flexibility index (Phi) is 6.52. The summed E-state index contributed by atoms with van der Waals surface area (Å²) in [4.78, 5) is 29.2. The van der Waals surface area contributed by atoms with Crippen LogP contribution in [-0.2, 0) is 9.59 Å². The van der Waals surface area contributed by atoms with Gasteiger partial charge in [-0.05, 0) is 63.3 Å². The molecule has 0 unspecified atom stereocenters. The van der Waals surface area contributed by atoms with Crippen molar-refractivity contribution in [1.82, 2.24) is 5.32 Å². The van der Waals surface area contributed by atoms with E-state index < -0.39 is 11.8 Å². The van der Waals surface area contributed by atoms with Crippen LogP contribution in [0.25, 0.3) is 6.08 Å². The number of methoxy groups -OCH3 is 1. The molecule has 1 saturated heterocycles. The summed E-state index contributed by atoms with van der Waals surface area (Å²) in [7, 11) is 1.57. The Labute approximate surface area is 182 Å². The number of thiocarbonyl (C=S) groups is 1. The van der Waals surface area contributed by atoms with Crippen molar-refractivity contribution in [3.8, 4) is 5.75 Å². The van der Waals surface area contributed by atoms with Crippen LogP contribution >= 0.6 is 12.2 Å². The molecular weight excluding hydrogens is 398 g/mol. The molecule has 0 atom stereocenters. The molecule has 6 nitrogen and oxygen atoms in total. The van der Waals surface area contributed by atoms with Crippen LogP contribution in [0.5, 0.6) is 5.75 Å². The second-order valence-electron chi connectivity index (χ2n) is 6.89. The summed E-state index contributed by atoms with van der Waals surface area (Å²) in [5.41, 5.74) is 3.32. The lowest BCUT2D eigenvalue weighted by atomic mass is 10.1. The average molecular weight is 424 g/mol.